The molecule has 1 fully saturated rings. The van der Waals surface area contributed by atoms with Gasteiger partial charge in [-0.15, -0.1) is 0 Å². The molecule has 0 saturated carbocycles. The lowest BCUT2D eigenvalue weighted by Gasteiger charge is -2.40. The van der Waals surface area contributed by atoms with Crippen LogP contribution in [0.15, 0.2) is 60.7 Å². The summed E-state index contributed by atoms with van der Waals surface area (Å²) in [6.45, 7) is 11.2. The van der Waals surface area contributed by atoms with Crippen LogP contribution in [0.5, 0.6) is 11.5 Å². The Labute approximate surface area is 217 Å². The second-order valence-electron chi connectivity index (χ2n) is 9.76. The summed E-state index contributed by atoms with van der Waals surface area (Å²) in [5.41, 5.74) is 3.94. The van der Waals surface area contributed by atoms with E-state index in [9.17, 15) is 13.2 Å². The molecule has 0 aromatic heterocycles. The number of aryl methyl sites for hydroxylation is 4. The maximum absolute atomic E-state index is 13.6. The van der Waals surface area contributed by atoms with Gasteiger partial charge < -0.3 is 14.4 Å². The van der Waals surface area contributed by atoms with E-state index in [1.807, 2.05) is 69.0 Å². The predicted octanol–water partition coefficient (Wildman–Crippen LogP) is 6.59. The summed E-state index contributed by atoms with van der Waals surface area (Å²) in [7, 11) is 0. The van der Waals surface area contributed by atoms with Crippen molar-refractivity contribution in [2.75, 3.05) is 44.3 Å². The molecule has 0 radical (unpaired) electrons. The molecule has 37 heavy (non-hydrogen) atoms. The monoisotopic (exact) mass is 512 g/mol. The highest BCUT2D eigenvalue weighted by Crippen LogP contribution is 2.37. The lowest BCUT2D eigenvalue weighted by Crippen LogP contribution is -2.54. The molecule has 0 aliphatic carbocycles. The molecule has 0 spiro atoms. The average molecular weight is 513 g/mol. The average Bonchev–Trinajstić information content (AvgIpc) is 2.86. The minimum Gasteiger partial charge on any atom is -0.491 e. The largest absolute Gasteiger partial charge is 0.491 e. The van der Waals surface area contributed by atoms with Gasteiger partial charge in [-0.05, 0) is 62.1 Å². The van der Waals surface area contributed by atoms with E-state index in [-0.39, 0.29) is 11.7 Å². The number of alkyl halides is 3. The summed E-state index contributed by atoms with van der Waals surface area (Å²) >= 11 is 0. The van der Waals surface area contributed by atoms with E-state index in [0.29, 0.717) is 39.4 Å². The second-order valence-corrected chi connectivity index (χ2v) is 9.76. The van der Waals surface area contributed by atoms with Crippen LogP contribution in [0.25, 0.3) is 0 Å². The number of anilines is 1. The van der Waals surface area contributed by atoms with E-state index < -0.39 is 11.7 Å². The summed E-state index contributed by atoms with van der Waals surface area (Å²) in [5, 5.41) is 0. The Morgan fingerprint density at radius 3 is 1.59 bits per heavy atom. The maximum Gasteiger partial charge on any atom is 0.418 e. The van der Waals surface area contributed by atoms with E-state index >= 15 is 0 Å². The van der Waals surface area contributed by atoms with Crippen LogP contribution in [0.2, 0.25) is 0 Å². The lowest BCUT2D eigenvalue weighted by atomic mass is 10.1. The molecular formula is C30H35F3N2O2. The zero-order chi connectivity index (χ0) is 26.6. The predicted molar refractivity (Wildman–Crippen MR) is 142 cm³/mol. The third-order valence-electron chi connectivity index (χ3n) is 7.04. The summed E-state index contributed by atoms with van der Waals surface area (Å²) in [6, 6.07) is 17.9. The SMILES string of the molecule is Cc1cccc(C)c1OCC(COc1c(C)cccc1C)N1CCN(c2ccccc2C(F)(F)F)CC1. The van der Waals surface area contributed by atoms with Crippen LogP contribution >= 0.6 is 0 Å². The molecule has 4 rings (SSSR count). The fourth-order valence-electron chi connectivity index (χ4n) is 4.99. The Bertz CT molecular complexity index is 1110. The van der Waals surface area contributed by atoms with E-state index in [1.54, 1.807) is 12.1 Å². The number of hydrogen-bond donors (Lipinski definition) is 0. The Morgan fingerprint density at radius 1 is 0.676 bits per heavy atom. The van der Waals surface area contributed by atoms with Crippen LogP contribution in [0.1, 0.15) is 27.8 Å². The van der Waals surface area contributed by atoms with Crippen LogP contribution in [0.4, 0.5) is 18.9 Å². The summed E-state index contributed by atoms with van der Waals surface area (Å²) < 4.78 is 53.4. The van der Waals surface area contributed by atoms with Gasteiger partial charge in [0.05, 0.1) is 11.6 Å². The van der Waals surface area contributed by atoms with E-state index in [1.165, 1.54) is 6.07 Å². The summed E-state index contributed by atoms with van der Waals surface area (Å²) in [6.07, 6.45) is -4.38. The number of hydrogen-bond acceptors (Lipinski definition) is 4. The Kier molecular flexibility index (Phi) is 8.32. The van der Waals surface area contributed by atoms with Crippen molar-refractivity contribution in [3.63, 3.8) is 0 Å². The van der Waals surface area contributed by atoms with Crippen molar-refractivity contribution in [1.29, 1.82) is 0 Å². The van der Waals surface area contributed by atoms with Gasteiger partial charge >= 0.3 is 6.18 Å². The van der Waals surface area contributed by atoms with Crippen LogP contribution in [-0.4, -0.2) is 50.3 Å². The molecule has 0 amide bonds. The van der Waals surface area contributed by atoms with Crippen LogP contribution in [0.3, 0.4) is 0 Å². The molecule has 0 bridgehead atoms. The van der Waals surface area contributed by atoms with Crippen LogP contribution in [0, 0.1) is 27.7 Å². The number of benzene rings is 3. The minimum absolute atomic E-state index is 0.0574. The number of halogens is 3. The lowest BCUT2D eigenvalue weighted by molar-refractivity contribution is -0.137. The van der Waals surface area contributed by atoms with Crippen molar-refractivity contribution in [3.05, 3.63) is 88.5 Å². The van der Waals surface area contributed by atoms with Crippen molar-refractivity contribution < 1.29 is 22.6 Å². The minimum atomic E-state index is -4.38. The first-order chi connectivity index (χ1) is 17.6. The van der Waals surface area contributed by atoms with Gasteiger partial charge in [0, 0.05) is 31.9 Å². The van der Waals surface area contributed by atoms with E-state index in [0.717, 1.165) is 39.8 Å². The first-order valence-corrected chi connectivity index (χ1v) is 12.7. The molecule has 0 N–H and O–H groups in total. The van der Waals surface area contributed by atoms with Gasteiger partial charge in [0.2, 0.25) is 0 Å². The fourth-order valence-corrected chi connectivity index (χ4v) is 4.99. The molecule has 0 unspecified atom stereocenters. The highest BCUT2D eigenvalue weighted by molar-refractivity contribution is 5.55. The van der Waals surface area contributed by atoms with Gasteiger partial charge in [0.25, 0.3) is 0 Å². The molecule has 7 heteroatoms. The van der Waals surface area contributed by atoms with Crippen molar-refractivity contribution >= 4 is 5.69 Å². The van der Waals surface area contributed by atoms with Gasteiger partial charge in [-0.1, -0.05) is 48.5 Å². The fraction of sp³-hybridized carbons (Fsp3) is 0.400. The third-order valence-corrected chi connectivity index (χ3v) is 7.04. The first-order valence-electron chi connectivity index (χ1n) is 12.7. The van der Waals surface area contributed by atoms with Crippen LogP contribution in [-0.2, 0) is 6.18 Å². The van der Waals surface area contributed by atoms with Gasteiger partial charge in [-0.3, -0.25) is 4.90 Å². The van der Waals surface area contributed by atoms with Gasteiger partial charge in [-0.2, -0.15) is 13.2 Å². The molecule has 3 aromatic carbocycles. The number of piperazine rings is 1. The van der Waals surface area contributed by atoms with Crippen LogP contribution < -0.4 is 14.4 Å². The Hall–Kier alpha value is -3.19. The highest BCUT2D eigenvalue weighted by atomic mass is 19.4. The smallest absolute Gasteiger partial charge is 0.418 e. The maximum atomic E-state index is 13.6. The highest BCUT2D eigenvalue weighted by Gasteiger charge is 2.35. The van der Waals surface area contributed by atoms with E-state index in [2.05, 4.69) is 4.90 Å². The van der Waals surface area contributed by atoms with E-state index in [4.69, 9.17) is 9.47 Å². The zero-order valence-corrected chi connectivity index (χ0v) is 21.9. The first kappa shape index (κ1) is 26.9. The molecule has 1 saturated heterocycles. The topological polar surface area (TPSA) is 24.9 Å². The Morgan fingerprint density at radius 2 is 1.14 bits per heavy atom. The second kappa shape index (κ2) is 11.5. The molecule has 1 heterocycles. The Balaban J connectivity index is 1.49. The van der Waals surface area contributed by atoms with Gasteiger partial charge in [-0.25, -0.2) is 0 Å². The van der Waals surface area contributed by atoms with Gasteiger partial charge in [0.15, 0.2) is 0 Å². The normalized spacial score (nSPS) is 14.8. The molecule has 1 aliphatic rings. The molecule has 3 aromatic rings. The number of rotatable bonds is 8. The molecule has 4 nitrogen and oxygen atoms in total. The molecular weight excluding hydrogens is 477 g/mol. The van der Waals surface area contributed by atoms with Gasteiger partial charge in [0.1, 0.15) is 24.7 Å². The quantitative estimate of drug-likeness (QED) is 0.340. The molecule has 198 valence electrons. The number of ether oxygens (including phenoxy) is 2. The van der Waals surface area contributed by atoms with Crippen molar-refractivity contribution in [2.45, 2.75) is 39.9 Å². The van der Waals surface area contributed by atoms with Crippen molar-refractivity contribution in [2.24, 2.45) is 0 Å². The standard InChI is InChI=1S/C30H35F3N2O2/c1-21-9-7-10-22(2)28(21)36-19-25(20-37-29-23(3)11-8-12-24(29)4)34-15-17-35(18-16-34)27-14-6-5-13-26(27)30(31,32)33/h5-14,25H,15-20H2,1-4H3. The van der Waals surface area contributed by atoms with Crippen molar-refractivity contribution in [3.8, 4) is 11.5 Å². The summed E-state index contributed by atoms with van der Waals surface area (Å²) in [5.74, 6) is 1.75. The number of nitrogens with zero attached hydrogens (tertiary/aromatic N) is 2. The molecule has 1 aliphatic heterocycles. The molecule has 0 atom stereocenters. The third kappa shape index (κ3) is 6.39. The number of para-hydroxylation sites is 3. The van der Waals surface area contributed by atoms with Crippen molar-refractivity contribution in [1.82, 2.24) is 4.90 Å². The zero-order valence-electron chi connectivity index (χ0n) is 21.9. The summed E-state index contributed by atoms with van der Waals surface area (Å²) in [4.78, 5) is 4.10.